The molecule has 0 nitrogen and oxygen atoms in total. The van der Waals surface area contributed by atoms with Gasteiger partial charge in [0, 0.05) is 4.88 Å². The van der Waals surface area contributed by atoms with Crippen LogP contribution in [-0.4, -0.2) is 0 Å². The summed E-state index contributed by atoms with van der Waals surface area (Å²) in [6.07, 6.45) is 7.51. The summed E-state index contributed by atoms with van der Waals surface area (Å²) >= 11 is 1.88. The molecular weight excluding hydrogens is 200 g/mol. The van der Waals surface area contributed by atoms with Gasteiger partial charge >= 0.3 is 0 Å². The number of allylic oxidation sites excluding steroid dienone is 2. The van der Waals surface area contributed by atoms with Crippen LogP contribution in [0.5, 0.6) is 0 Å². The van der Waals surface area contributed by atoms with Crippen LogP contribution in [0.15, 0.2) is 29.2 Å². The van der Waals surface area contributed by atoms with Gasteiger partial charge in [0.1, 0.15) is 0 Å². The summed E-state index contributed by atoms with van der Waals surface area (Å²) in [5.74, 6) is 0.850. The number of hydrogen-bond acceptors (Lipinski definition) is 1. The van der Waals surface area contributed by atoms with E-state index < -0.39 is 0 Å². The lowest BCUT2D eigenvalue weighted by Crippen LogP contribution is -1.95. The first kappa shape index (κ1) is 12.5. The summed E-state index contributed by atoms with van der Waals surface area (Å²) in [5, 5.41) is 2.17. The Balaban J connectivity index is 2.14. The highest BCUT2D eigenvalue weighted by molar-refractivity contribution is 7.09. The second-order valence-electron chi connectivity index (χ2n) is 4.58. The second-order valence-corrected chi connectivity index (χ2v) is 5.61. The summed E-state index contributed by atoms with van der Waals surface area (Å²) in [7, 11) is 0. The highest BCUT2D eigenvalue weighted by Crippen LogP contribution is 2.17. The molecule has 0 unspecified atom stereocenters. The maximum atomic E-state index is 2.37. The van der Waals surface area contributed by atoms with E-state index in [1.165, 1.54) is 36.1 Å². The summed E-state index contributed by atoms with van der Waals surface area (Å²) < 4.78 is 0. The van der Waals surface area contributed by atoms with Crippen LogP contribution in [0.4, 0.5) is 0 Å². The highest BCUT2D eigenvalue weighted by Gasteiger charge is 2.02. The summed E-state index contributed by atoms with van der Waals surface area (Å²) in [6, 6.07) is 4.39. The third kappa shape index (κ3) is 5.78. The maximum Gasteiger partial charge on any atom is 0.00453 e. The van der Waals surface area contributed by atoms with Crippen molar-refractivity contribution in [2.24, 2.45) is 5.92 Å². The lowest BCUT2D eigenvalue weighted by molar-refractivity contribution is 0.498. The molecule has 1 heteroatoms. The molecule has 0 aliphatic heterocycles. The largest absolute Gasteiger partial charge is 0.149 e. The molecule has 0 bridgehead atoms. The molecule has 84 valence electrons. The SMILES string of the molecule is CC(C)=CCC[C@H](C)CCc1cccs1. The summed E-state index contributed by atoms with van der Waals surface area (Å²) in [4.78, 5) is 1.53. The van der Waals surface area contributed by atoms with Crippen molar-refractivity contribution in [3.63, 3.8) is 0 Å². The van der Waals surface area contributed by atoms with E-state index in [1.54, 1.807) is 0 Å². The lowest BCUT2D eigenvalue weighted by atomic mass is 9.99. The van der Waals surface area contributed by atoms with Gasteiger partial charge in [-0.1, -0.05) is 24.6 Å². The minimum atomic E-state index is 0.850. The smallest absolute Gasteiger partial charge is 0.00453 e. The van der Waals surface area contributed by atoms with Crippen molar-refractivity contribution in [2.45, 2.75) is 46.5 Å². The van der Waals surface area contributed by atoms with Crippen LogP contribution in [0.2, 0.25) is 0 Å². The zero-order chi connectivity index (χ0) is 11.1. The Morgan fingerprint density at radius 3 is 2.80 bits per heavy atom. The lowest BCUT2D eigenvalue weighted by Gasteiger charge is -2.08. The molecule has 0 radical (unpaired) electrons. The molecule has 0 saturated heterocycles. The van der Waals surface area contributed by atoms with E-state index in [9.17, 15) is 0 Å². The van der Waals surface area contributed by atoms with Crippen LogP contribution in [0.25, 0.3) is 0 Å². The Kier molecular flexibility index (Phi) is 5.70. The molecule has 15 heavy (non-hydrogen) atoms. The predicted octanol–water partition coefficient (Wildman–Crippen LogP) is 5.06. The molecule has 1 aromatic rings. The van der Waals surface area contributed by atoms with Gasteiger partial charge in [0.2, 0.25) is 0 Å². The fraction of sp³-hybridized carbons (Fsp3) is 0.571. The normalized spacial score (nSPS) is 12.5. The average molecular weight is 222 g/mol. The quantitative estimate of drug-likeness (QED) is 0.590. The zero-order valence-electron chi connectivity index (χ0n) is 10.1. The third-order valence-corrected chi connectivity index (χ3v) is 3.61. The number of hydrogen-bond donors (Lipinski definition) is 0. The molecule has 0 saturated carbocycles. The van der Waals surface area contributed by atoms with Crippen LogP contribution in [0.1, 0.15) is 44.9 Å². The van der Waals surface area contributed by atoms with Crippen molar-refractivity contribution in [3.05, 3.63) is 34.0 Å². The Morgan fingerprint density at radius 1 is 1.40 bits per heavy atom. The average Bonchev–Trinajstić information content (AvgIpc) is 2.66. The van der Waals surface area contributed by atoms with E-state index in [2.05, 4.69) is 44.4 Å². The zero-order valence-corrected chi connectivity index (χ0v) is 10.9. The van der Waals surface area contributed by atoms with E-state index in [0.29, 0.717) is 0 Å². The van der Waals surface area contributed by atoms with Gasteiger partial charge in [0.15, 0.2) is 0 Å². The first-order chi connectivity index (χ1) is 7.18. The molecule has 0 N–H and O–H groups in total. The van der Waals surface area contributed by atoms with Crippen molar-refractivity contribution in [3.8, 4) is 0 Å². The highest BCUT2D eigenvalue weighted by atomic mass is 32.1. The summed E-state index contributed by atoms with van der Waals surface area (Å²) in [5.41, 5.74) is 1.44. The van der Waals surface area contributed by atoms with Gasteiger partial charge in [-0.15, -0.1) is 11.3 Å². The van der Waals surface area contributed by atoms with Crippen molar-refractivity contribution in [1.82, 2.24) is 0 Å². The molecule has 0 aliphatic carbocycles. The van der Waals surface area contributed by atoms with Gasteiger partial charge < -0.3 is 0 Å². The van der Waals surface area contributed by atoms with E-state index in [1.807, 2.05) is 11.3 Å². The Morgan fingerprint density at radius 2 is 2.20 bits per heavy atom. The minimum absolute atomic E-state index is 0.850. The Labute approximate surface area is 98.0 Å². The Bertz CT molecular complexity index is 278. The molecule has 1 aromatic heterocycles. The van der Waals surface area contributed by atoms with E-state index in [-0.39, 0.29) is 0 Å². The van der Waals surface area contributed by atoms with E-state index >= 15 is 0 Å². The van der Waals surface area contributed by atoms with Gasteiger partial charge in [-0.05, 0) is 56.9 Å². The van der Waals surface area contributed by atoms with Gasteiger partial charge in [0.25, 0.3) is 0 Å². The molecule has 1 heterocycles. The number of thiophene rings is 1. The van der Waals surface area contributed by atoms with Crippen molar-refractivity contribution in [1.29, 1.82) is 0 Å². The predicted molar refractivity (Wildman–Crippen MR) is 70.5 cm³/mol. The van der Waals surface area contributed by atoms with Crippen molar-refractivity contribution >= 4 is 11.3 Å². The fourth-order valence-electron chi connectivity index (χ4n) is 1.64. The Hall–Kier alpha value is -0.560. The van der Waals surface area contributed by atoms with Crippen LogP contribution in [0, 0.1) is 5.92 Å². The molecule has 0 amide bonds. The van der Waals surface area contributed by atoms with E-state index in [0.717, 1.165) is 5.92 Å². The minimum Gasteiger partial charge on any atom is -0.149 e. The molecule has 0 spiro atoms. The molecule has 1 atom stereocenters. The van der Waals surface area contributed by atoms with Crippen molar-refractivity contribution in [2.75, 3.05) is 0 Å². The fourth-order valence-corrected chi connectivity index (χ4v) is 2.37. The third-order valence-electron chi connectivity index (χ3n) is 2.68. The molecular formula is C14H22S. The molecule has 0 aliphatic rings. The van der Waals surface area contributed by atoms with Crippen LogP contribution in [-0.2, 0) is 6.42 Å². The topological polar surface area (TPSA) is 0 Å². The standard InChI is InChI=1S/C14H22S/c1-12(2)6-4-7-13(3)9-10-14-8-5-11-15-14/h5-6,8,11,13H,4,7,9-10H2,1-3H3/t13-/m0/s1. The van der Waals surface area contributed by atoms with Crippen LogP contribution in [0.3, 0.4) is 0 Å². The first-order valence-corrected chi connectivity index (χ1v) is 6.72. The van der Waals surface area contributed by atoms with Crippen LogP contribution < -0.4 is 0 Å². The summed E-state index contributed by atoms with van der Waals surface area (Å²) in [6.45, 7) is 6.72. The molecule has 1 rings (SSSR count). The molecule has 0 aromatic carbocycles. The number of rotatable bonds is 6. The van der Waals surface area contributed by atoms with Gasteiger partial charge in [-0.2, -0.15) is 0 Å². The molecule has 0 fully saturated rings. The number of aryl methyl sites for hydroxylation is 1. The maximum absolute atomic E-state index is 2.37. The van der Waals surface area contributed by atoms with E-state index in [4.69, 9.17) is 0 Å². The second kappa shape index (κ2) is 6.84. The van der Waals surface area contributed by atoms with Crippen LogP contribution >= 0.6 is 11.3 Å². The monoisotopic (exact) mass is 222 g/mol. The van der Waals surface area contributed by atoms with Gasteiger partial charge in [0.05, 0.1) is 0 Å². The van der Waals surface area contributed by atoms with Gasteiger partial charge in [-0.25, -0.2) is 0 Å². The van der Waals surface area contributed by atoms with Gasteiger partial charge in [-0.3, -0.25) is 0 Å². The van der Waals surface area contributed by atoms with Crippen molar-refractivity contribution < 1.29 is 0 Å². The first-order valence-electron chi connectivity index (χ1n) is 5.84.